The van der Waals surface area contributed by atoms with Gasteiger partial charge in [0.25, 0.3) is 15.6 Å². The molecule has 20 heteroatoms. The fourth-order valence-electron chi connectivity index (χ4n) is 2.73. The van der Waals surface area contributed by atoms with E-state index in [0.717, 1.165) is 27.1 Å². The van der Waals surface area contributed by atoms with Crippen molar-refractivity contribution in [3.05, 3.63) is 12.7 Å². The van der Waals surface area contributed by atoms with E-state index in [1.807, 2.05) is 0 Å². The highest BCUT2D eigenvalue weighted by Gasteiger charge is 2.45. The predicted octanol–water partition coefficient (Wildman–Crippen LogP) is -1.63. The third-order valence-electron chi connectivity index (χ3n) is 4.62. The normalized spacial score (nSPS) is 28.9. The Hall–Kier alpha value is -1.32. The van der Waals surface area contributed by atoms with Crippen molar-refractivity contribution in [3.63, 3.8) is 0 Å². The van der Waals surface area contributed by atoms with Crippen LogP contribution >= 0.6 is 23.2 Å². The second-order valence-corrected chi connectivity index (χ2v) is 13.8. The Kier molecular flexibility index (Phi) is 7.44. The lowest BCUT2D eigenvalue weighted by molar-refractivity contribution is -0.247. The molecule has 7 atom stereocenters. The Morgan fingerprint density at radius 3 is 2.35 bits per heavy atom. The molecule has 0 radical (unpaired) electrons. The van der Waals surface area contributed by atoms with Crippen LogP contribution in [0.2, 0.25) is 0 Å². The zero-order valence-corrected chi connectivity index (χ0v) is 20.5. The Bertz CT molecular complexity index is 1200. The third kappa shape index (κ3) is 5.73. The van der Waals surface area contributed by atoms with Gasteiger partial charge in [0.2, 0.25) is 0 Å². The average molecular weight is 544 g/mol. The zero-order chi connectivity index (χ0) is 25.7. The fourth-order valence-corrected chi connectivity index (χ4v) is 6.65. The van der Waals surface area contributed by atoms with Gasteiger partial charge in [0.05, 0.1) is 12.9 Å². The number of nitrogens with zero attached hydrogens (tertiary/aromatic N) is 4. The number of hydrogen-bond donors (Lipinski definition) is 3. The van der Waals surface area contributed by atoms with Gasteiger partial charge in [0, 0.05) is 5.16 Å². The molecule has 3 rings (SSSR count). The SMILES string of the molecule is CC(C)(C)P(=O)([O-])OP(=O)([O-])OP(=O)([O-])OC[C@H]1O[C@@H](n2cnc3c(N)ncnc32)[C@@H](O)C1O. The first-order chi connectivity index (χ1) is 15.4. The van der Waals surface area contributed by atoms with Crippen molar-refractivity contribution in [3.8, 4) is 0 Å². The quantitative estimate of drug-likeness (QED) is 0.315. The highest BCUT2D eigenvalue weighted by Crippen LogP contribution is 2.66. The molecular weight excluding hydrogens is 523 g/mol. The van der Waals surface area contributed by atoms with Crippen LogP contribution in [-0.4, -0.2) is 59.8 Å². The molecule has 2 aromatic rings. The molecule has 17 nitrogen and oxygen atoms in total. The molecule has 4 unspecified atom stereocenters. The van der Waals surface area contributed by atoms with Crippen LogP contribution in [0.15, 0.2) is 12.7 Å². The minimum Gasteiger partial charge on any atom is -0.778 e. The number of phosphoric acid groups is 2. The second kappa shape index (κ2) is 9.28. The van der Waals surface area contributed by atoms with E-state index < -0.39 is 59.5 Å². The number of anilines is 1. The van der Waals surface area contributed by atoms with Crippen molar-refractivity contribution in [1.82, 2.24) is 19.5 Å². The molecule has 0 aromatic carbocycles. The Morgan fingerprint density at radius 1 is 1.09 bits per heavy atom. The van der Waals surface area contributed by atoms with Crippen LogP contribution in [0, 0.1) is 0 Å². The summed E-state index contributed by atoms with van der Waals surface area (Å²) in [5.41, 5.74) is 6.02. The summed E-state index contributed by atoms with van der Waals surface area (Å²) < 4.78 is 54.4. The van der Waals surface area contributed by atoms with Gasteiger partial charge in [-0.1, -0.05) is 20.8 Å². The average Bonchev–Trinajstić information content (AvgIpc) is 3.20. The topological polar surface area (TPSA) is 267 Å². The van der Waals surface area contributed by atoms with Crippen LogP contribution in [0.1, 0.15) is 27.0 Å². The molecule has 0 aliphatic carbocycles. The van der Waals surface area contributed by atoms with Gasteiger partial charge in [-0.05, 0) is 0 Å². The molecule has 1 aliphatic heterocycles. The monoisotopic (exact) mass is 544 g/mol. The predicted molar refractivity (Wildman–Crippen MR) is 106 cm³/mol. The molecule has 0 bridgehead atoms. The molecular formula is C14H21N5O12P3-3. The van der Waals surface area contributed by atoms with Crippen LogP contribution in [0.3, 0.4) is 0 Å². The molecule has 192 valence electrons. The first-order valence-electron chi connectivity index (χ1n) is 9.39. The van der Waals surface area contributed by atoms with Crippen LogP contribution in [-0.2, 0) is 31.6 Å². The third-order valence-corrected chi connectivity index (χ3v) is 9.99. The van der Waals surface area contributed by atoms with Gasteiger partial charge in [-0.2, -0.15) is 0 Å². The van der Waals surface area contributed by atoms with Gasteiger partial charge in [0.1, 0.15) is 37.8 Å². The number of imidazole rings is 1. The van der Waals surface area contributed by atoms with Crippen LogP contribution in [0.4, 0.5) is 5.82 Å². The number of hydrogen-bond acceptors (Lipinski definition) is 16. The van der Waals surface area contributed by atoms with E-state index >= 15 is 0 Å². The van der Waals surface area contributed by atoms with Crippen LogP contribution in [0.25, 0.3) is 11.2 Å². The first kappa shape index (κ1) is 27.3. The molecule has 4 N–H and O–H groups in total. The number of ether oxygens (including phenoxy) is 1. The number of fused-ring (bicyclic) bond motifs is 1. The van der Waals surface area contributed by atoms with E-state index in [1.54, 1.807) is 0 Å². The molecule has 34 heavy (non-hydrogen) atoms. The van der Waals surface area contributed by atoms with E-state index in [1.165, 1.54) is 10.9 Å². The van der Waals surface area contributed by atoms with Gasteiger partial charge < -0.3 is 44.5 Å². The smallest absolute Gasteiger partial charge is 0.279 e. The molecule has 0 amide bonds. The van der Waals surface area contributed by atoms with E-state index in [-0.39, 0.29) is 17.0 Å². The van der Waals surface area contributed by atoms with Crippen molar-refractivity contribution < 1.29 is 56.5 Å². The van der Waals surface area contributed by atoms with Crippen molar-refractivity contribution in [2.45, 2.75) is 50.5 Å². The van der Waals surface area contributed by atoms with Crippen molar-refractivity contribution in [2.24, 2.45) is 0 Å². The minimum atomic E-state index is -5.92. The maximum Gasteiger partial charge on any atom is 0.279 e. The summed E-state index contributed by atoms with van der Waals surface area (Å²) in [6.45, 7) is 2.36. The minimum absolute atomic E-state index is 0.0412. The van der Waals surface area contributed by atoms with Crippen molar-refractivity contribution >= 4 is 40.2 Å². The summed E-state index contributed by atoms with van der Waals surface area (Å²) in [6.07, 6.45) is -3.77. The molecule has 0 spiro atoms. The molecule has 3 heterocycles. The second-order valence-electron chi connectivity index (χ2n) is 8.15. The summed E-state index contributed by atoms with van der Waals surface area (Å²) in [5.74, 6) is 0.0412. The lowest BCUT2D eigenvalue weighted by Crippen LogP contribution is -2.34. The number of phosphoric ester groups is 1. The summed E-state index contributed by atoms with van der Waals surface area (Å²) in [5, 5.41) is 18.9. The van der Waals surface area contributed by atoms with Crippen molar-refractivity contribution in [2.75, 3.05) is 12.3 Å². The molecule has 2 aromatic heterocycles. The molecule has 0 saturated carbocycles. The lowest BCUT2D eigenvalue weighted by Gasteiger charge is -2.40. The highest BCUT2D eigenvalue weighted by molar-refractivity contribution is 7.67. The molecule has 1 fully saturated rings. The zero-order valence-electron chi connectivity index (χ0n) is 17.9. The van der Waals surface area contributed by atoms with Gasteiger partial charge in [0.15, 0.2) is 17.7 Å². The van der Waals surface area contributed by atoms with Crippen LogP contribution < -0.4 is 20.4 Å². The lowest BCUT2D eigenvalue weighted by atomic mass is 10.1. The number of nitrogens with two attached hydrogens (primary N) is 1. The number of aliphatic hydroxyl groups is 2. The molecule has 1 saturated heterocycles. The summed E-state index contributed by atoms with van der Waals surface area (Å²) in [6, 6.07) is 0. The van der Waals surface area contributed by atoms with E-state index in [0.29, 0.717) is 0 Å². The summed E-state index contributed by atoms with van der Waals surface area (Å²) in [4.78, 5) is 47.3. The summed E-state index contributed by atoms with van der Waals surface area (Å²) in [7, 11) is -16.7. The van der Waals surface area contributed by atoms with E-state index in [4.69, 9.17) is 10.5 Å². The molecule has 1 aliphatic rings. The van der Waals surface area contributed by atoms with Gasteiger partial charge in [-0.15, -0.1) is 0 Å². The van der Waals surface area contributed by atoms with Gasteiger partial charge >= 0.3 is 0 Å². The highest BCUT2D eigenvalue weighted by atomic mass is 31.3. The maximum absolute atomic E-state index is 11.9. The number of nitrogen functional groups attached to an aromatic ring is 1. The first-order valence-corrected chi connectivity index (χ1v) is 13.9. The number of aromatic nitrogens is 4. The Balaban J connectivity index is 1.68. The maximum atomic E-state index is 11.9. The Morgan fingerprint density at radius 2 is 1.74 bits per heavy atom. The van der Waals surface area contributed by atoms with Gasteiger partial charge in [-0.25, -0.2) is 19.3 Å². The van der Waals surface area contributed by atoms with E-state index in [2.05, 4.69) is 28.1 Å². The van der Waals surface area contributed by atoms with Crippen molar-refractivity contribution in [1.29, 1.82) is 0 Å². The standard InChI is InChI=1S/C14H24N5O12P3/c1-14(2,3)32(22,23)30-34(26,27)31-33(24,25)28-4-7-9(20)10(21)13(29-7)19-6-18-8-11(15)16-5-17-12(8)19/h5-7,9-10,13,20-21H,4H2,1-3H3,(H,22,23)(H,24,25)(H,26,27)(H2,15,16,17)/p-3/t7-,9?,10+,13-/m1/s1. The van der Waals surface area contributed by atoms with E-state index in [9.17, 15) is 38.6 Å². The number of aliphatic hydroxyl groups excluding tert-OH is 2. The van der Waals surface area contributed by atoms with Gasteiger partial charge in [-0.3, -0.25) is 18.0 Å². The number of rotatable bonds is 8. The fraction of sp³-hybridized carbons (Fsp3) is 0.643. The summed E-state index contributed by atoms with van der Waals surface area (Å²) >= 11 is 0. The largest absolute Gasteiger partial charge is 0.778 e. The van der Waals surface area contributed by atoms with Crippen LogP contribution in [0.5, 0.6) is 0 Å². The Labute approximate surface area is 192 Å².